The van der Waals surface area contributed by atoms with Crippen molar-refractivity contribution in [3.63, 3.8) is 0 Å². The van der Waals surface area contributed by atoms with Gasteiger partial charge in [-0.15, -0.1) is 0 Å². The summed E-state index contributed by atoms with van der Waals surface area (Å²) in [5.41, 5.74) is 4.20. The van der Waals surface area contributed by atoms with E-state index in [-0.39, 0.29) is 18.4 Å². The van der Waals surface area contributed by atoms with Gasteiger partial charge in [0.1, 0.15) is 0 Å². The molecule has 0 aliphatic rings. The smallest absolute Gasteiger partial charge is 0.251 e. The van der Waals surface area contributed by atoms with Gasteiger partial charge in [0.25, 0.3) is 5.91 Å². The molecule has 1 amide bonds. The Balaban J connectivity index is 1.69. The largest absolute Gasteiger partial charge is 0.351 e. The second-order valence-corrected chi connectivity index (χ2v) is 9.73. The lowest BCUT2D eigenvalue weighted by Gasteiger charge is -2.23. The van der Waals surface area contributed by atoms with Crippen LogP contribution >= 0.6 is 0 Å². The predicted molar refractivity (Wildman–Crippen MR) is 126 cm³/mol. The van der Waals surface area contributed by atoms with Crippen molar-refractivity contribution in [3.05, 3.63) is 101 Å². The fourth-order valence-electron chi connectivity index (χ4n) is 3.29. The third kappa shape index (κ3) is 6.18. The summed E-state index contributed by atoms with van der Waals surface area (Å²) in [6.07, 6.45) is 1.19. The number of aryl methyl sites for hydroxylation is 1. The van der Waals surface area contributed by atoms with E-state index in [1.165, 1.54) is 10.6 Å². The number of rotatable bonds is 8. The molecule has 0 saturated heterocycles. The van der Waals surface area contributed by atoms with Gasteiger partial charge in [0.05, 0.1) is 18.5 Å². The molecule has 0 bridgehead atoms. The fourth-order valence-corrected chi connectivity index (χ4v) is 4.17. The Morgan fingerprint density at radius 3 is 2.13 bits per heavy atom. The molecule has 3 aromatic rings. The number of benzene rings is 3. The molecule has 0 aromatic heterocycles. The van der Waals surface area contributed by atoms with Crippen LogP contribution < -0.4 is 9.62 Å². The lowest BCUT2D eigenvalue weighted by Crippen LogP contribution is -2.30. The van der Waals surface area contributed by atoms with Crippen molar-refractivity contribution in [2.75, 3.05) is 17.1 Å². The van der Waals surface area contributed by atoms with Crippen molar-refractivity contribution in [1.82, 2.24) is 5.32 Å². The Bertz CT molecular complexity index is 1110. The van der Waals surface area contributed by atoms with Crippen LogP contribution in [0.4, 0.5) is 5.69 Å². The summed E-state index contributed by atoms with van der Waals surface area (Å²) in [6.45, 7) is 4.81. The van der Waals surface area contributed by atoms with Gasteiger partial charge < -0.3 is 5.32 Å². The van der Waals surface area contributed by atoms with Gasteiger partial charge in [-0.25, -0.2) is 8.42 Å². The summed E-state index contributed by atoms with van der Waals surface area (Å²) in [5, 5.41) is 2.95. The monoisotopic (exact) mass is 436 g/mol. The van der Waals surface area contributed by atoms with Crippen molar-refractivity contribution in [3.8, 4) is 0 Å². The third-order valence-electron chi connectivity index (χ3n) is 5.20. The van der Waals surface area contributed by atoms with Gasteiger partial charge in [0, 0.05) is 12.1 Å². The van der Waals surface area contributed by atoms with Crippen molar-refractivity contribution in [2.45, 2.75) is 26.3 Å². The van der Waals surface area contributed by atoms with Gasteiger partial charge in [-0.2, -0.15) is 0 Å². The lowest BCUT2D eigenvalue weighted by molar-refractivity contribution is 0.0951. The van der Waals surface area contributed by atoms with Crippen molar-refractivity contribution < 1.29 is 13.2 Å². The van der Waals surface area contributed by atoms with E-state index in [4.69, 9.17) is 0 Å². The first-order valence-electron chi connectivity index (χ1n) is 10.2. The first kappa shape index (κ1) is 22.6. The van der Waals surface area contributed by atoms with E-state index in [0.717, 1.165) is 16.7 Å². The van der Waals surface area contributed by atoms with Gasteiger partial charge in [0.15, 0.2) is 0 Å². The maximum Gasteiger partial charge on any atom is 0.251 e. The maximum atomic E-state index is 12.5. The topological polar surface area (TPSA) is 66.5 Å². The first-order chi connectivity index (χ1) is 14.7. The van der Waals surface area contributed by atoms with E-state index in [2.05, 4.69) is 12.2 Å². The van der Waals surface area contributed by atoms with Crippen LogP contribution in [0.1, 0.15) is 39.9 Å². The molecule has 3 rings (SSSR count). The Morgan fingerprint density at radius 1 is 0.935 bits per heavy atom. The SMILES string of the molecule is Cc1ccc(CN(c2ccc(C(=O)NC[C@@H](C)c3ccccc3)cc2)S(C)(=O)=O)cc1. The number of carbonyl (C=O) groups excluding carboxylic acids is 1. The van der Waals surface area contributed by atoms with E-state index >= 15 is 0 Å². The predicted octanol–water partition coefficient (Wildman–Crippen LogP) is 4.49. The highest BCUT2D eigenvalue weighted by Crippen LogP contribution is 2.22. The zero-order valence-electron chi connectivity index (χ0n) is 18.1. The van der Waals surface area contributed by atoms with E-state index in [1.807, 2.05) is 61.5 Å². The molecule has 0 unspecified atom stereocenters. The molecule has 31 heavy (non-hydrogen) atoms. The molecule has 0 fully saturated rings. The highest BCUT2D eigenvalue weighted by Gasteiger charge is 2.18. The highest BCUT2D eigenvalue weighted by molar-refractivity contribution is 7.92. The average molecular weight is 437 g/mol. The molecule has 0 saturated carbocycles. The molecule has 0 radical (unpaired) electrons. The lowest BCUT2D eigenvalue weighted by atomic mass is 10.0. The molecular formula is C25H28N2O3S. The van der Waals surface area contributed by atoms with Crippen molar-refractivity contribution >= 4 is 21.6 Å². The third-order valence-corrected chi connectivity index (χ3v) is 6.34. The van der Waals surface area contributed by atoms with Crippen LogP contribution in [-0.2, 0) is 16.6 Å². The summed E-state index contributed by atoms with van der Waals surface area (Å²) in [7, 11) is -3.48. The van der Waals surface area contributed by atoms with Gasteiger partial charge in [-0.1, -0.05) is 67.1 Å². The number of nitrogens with one attached hydrogen (secondary N) is 1. The van der Waals surface area contributed by atoms with Crippen LogP contribution in [0.15, 0.2) is 78.9 Å². The summed E-state index contributed by atoms with van der Waals surface area (Å²) in [4.78, 5) is 12.5. The number of carbonyl (C=O) groups is 1. The molecule has 162 valence electrons. The standard InChI is InChI=1S/C25H28N2O3S/c1-19-9-11-21(12-10-19)18-27(31(3,29)30)24-15-13-23(14-16-24)25(28)26-17-20(2)22-7-5-4-6-8-22/h4-16,20H,17-18H2,1-3H3,(H,26,28)/t20-/m1/s1. The molecule has 0 spiro atoms. The van der Waals surface area contributed by atoms with Gasteiger partial charge >= 0.3 is 0 Å². The Hall–Kier alpha value is -3.12. The molecule has 0 aliphatic carbocycles. The number of hydrogen-bond acceptors (Lipinski definition) is 3. The number of anilines is 1. The molecular weight excluding hydrogens is 408 g/mol. The van der Waals surface area contributed by atoms with E-state index in [1.54, 1.807) is 24.3 Å². The summed E-state index contributed by atoms with van der Waals surface area (Å²) >= 11 is 0. The zero-order valence-corrected chi connectivity index (χ0v) is 18.9. The minimum Gasteiger partial charge on any atom is -0.351 e. The second kappa shape index (κ2) is 9.79. The minimum absolute atomic E-state index is 0.182. The average Bonchev–Trinajstić information content (AvgIpc) is 2.77. The van der Waals surface area contributed by atoms with Crippen LogP contribution in [0.5, 0.6) is 0 Å². The summed E-state index contributed by atoms with van der Waals surface area (Å²) in [5.74, 6) is 0.0124. The van der Waals surface area contributed by atoms with Crippen LogP contribution in [0, 0.1) is 6.92 Å². The zero-order chi connectivity index (χ0) is 22.4. The highest BCUT2D eigenvalue weighted by atomic mass is 32.2. The minimum atomic E-state index is -3.48. The number of hydrogen-bond donors (Lipinski definition) is 1. The summed E-state index contributed by atoms with van der Waals surface area (Å²) in [6, 6.07) is 24.4. The molecule has 6 heteroatoms. The van der Waals surface area contributed by atoms with Gasteiger partial charge in [-0.3, -0.25) is 9.10 Å². The first-order valence-corrected chi connectivity index (χ1v) is 12.1. The van der Waals surface area contributed by atoms with E-state index < -0.39 is 10.0 Å². The molecule has 1 atom stereocenters. The summed E-state index contributed by atoms with van der Waals surface area (Å²) < 4.78 is 26.1. The molecule has 1 N–H and O–H groups in total. The second-order valence-electron chi connectivity index (χ2n) is 7.82. The van der Waals surface area contributed by atoms with E-state index in [9.17, 15) is 13.2 Å². The molecule has 3 aromatic carbocycles. The quantitative estimate of drug-likeness (QED) is 0.566. The van der Waals surface area contributed by atoms with E-state index in [0.29, 0.717) is 17.8 Å². The fraction of sp³-hybridized carbons (Fsp3) is 0.240. The van der Waals surface area contributed by atoms with Crippen molar-refractivity contribution in [2.24, 2.45) is 0 Å². The Labute approximate surface area is 184 Å². The maximum absolute atomic E-state index is 12.5. The normalized spacial score (nSPS) is 12.2. The Morgan fingerprint density at radius 2 is 1.55 bits per heavy atom. The van der Waals surface area contributed by atoms with Crippen LogP contribution in [-0.4, -0.2) is 27.1 Å². The van der Waals surface area contributed by atoms with Crippen LogP contribution in [0.3, 0.4) is 0 Å². The molecule has 0 heterocycles. The number of amides is 1. The Kier molecular flexibility index (Phi) is 7.13. The van der Waals surface area contributed by atoms with Crippen molar-refractivity contribution in [1.29, 1.82) is 0 Å². The van der Waals surface area contributed by atoms with Crippen LogP contribution in [0.25, 0.3) is 0 Å². The molecule has 5 nitrogen and oxygen atoms in total. The van der Waals surface area contributed by atoms with Gasteiger partial charge in [0.2, 0.25) is 10.0 Å². The van der Waals surface area contributed by atoms with Gasteiger partial charge in [-0.05, 0) is 48.2 Å². The molecule has 0 aliphatic heterocycles. The number of nitrogens with zero attached hydrogens (tertiary/aromatic N) is 1. The van der Waals surface area contributed by atoms with Crippen LogP contribution in [0.2, 0.25) is 0 Å². The number of sulfonamides is 1.